The zero-order valence-corrected chi connectivity index (χ0v) is 10.2. The quantitative estimate of drug-likeness (QED) is 0.483. The first-order chi connectivity index (χ1) is 8.61. The van der Waals surface area contributed by atoms with E-state index in [9.17, 15) is 4.79 Å². The van der Waals surface area contributed by atoms with Crippen LogP contribution < -0.4 is 0 Å². The molecule has 0 saturated heterocycles. The number of carbonyl (C=O) groups excluding carboxylic acids is 1. The van der Waals surface area contributed by atoms with E-state index in [-0.39, 0.29) is 11.3 Å². The van der Waals surface area contributed by atoms with Gasteiger partial charge in [-0.2, -0.15) is 10.4 Å². The molecule has 2 aromatic rings. The molecule has 0 aliphatic carbocycles. The van der Waals surface area contributed by atoms with Gasteiger partial charge in [0.15, 0.2) is 5.76 Å². The topological polar surface area (TPSA) is 71.8 Å². The second kappa shape index (κ2) is 4.90. The number of aryl methyl sites for hydroxylation is 1. The van der Waals surface area contributed by atoms with E-state index in [0.29, 0.717) is 10.7 Å². The fourth-order valence-electron chi connectivity index (χ4n) is 1.40. The van der Waals surface area contributed by atoms with Gasteiger partial charge in [-0.15, -0.1) is 0 Å². The summed E-state index contributed by atoms with van der Waals surface area (Å²) >= 11 is 5.90. The van der Waals surface area contributed by atoms with Crippen molar-refractivity contribution in [2.24, 2.45) is 7.05 Å². The van der Waals surface area contributed by atoms with Crippen LogP contribution in [0.4, 0.5) is 0 Å². The maximum absolute atomic E-state index is 11.9. The van der Waals surface area contributed by atoms with Crippen LogP contribution in [0.5, 0.6) is 0 Å². The molecule has 2 aromatic heterocycles. The summed E-state index contributed by atoms with van der Waals surface area (Å²) in [5.41, 5.74) is 0.293. The Bertz CT molecular complexity index is 647. The van der Waals surface area contributed by atoms with Crippen LogP contribution in [-0.4, -0.2) is 15.6 Å². The first-order valence-electron chi connectivity index (χ1n) is 5.01. The molecule has 2 rings (SSSR count). The molecule has 0 aromatic carbocycles. The van der Waals surface area contributed by atoms with E-state index < -0.39 is 5.78 Å². The Kier molecular flexibility index (Phi) is 3.31. The number of hydrogen-bond donors (Lipinski definition) is 0. The lowest BCUT2D eigenvalue weighted by Crippen LogP contribution is -2.00. The third-order valence-corrected chi connectivity index (χ3v) is 2.49. The lowest BCUT2D eigenvalue weighted by Gasteiger charge is -1.94. The number of halogens is 1. The second-order valence-corrected chi connectivity index (χ2v) is 3.92. The molecule has 0 saturated carbocycles. The predicted octanol–water partition coefficient (Wildman–Crippen LogP) is 2.46. The van der Waals surface area contributed by atoms with Crippen LogP contribution >= 0.6 is 11.6 Å². The van der Waals surface area contributed by atoms with Gasteiger partial charge in [-0.05, 0) is 18.2 Å². The summed E-state index contributed by atoms with van der Waals surface area (Å²) < 4.78 is 6.45. The van der Waals surface area contributed by atoms with E-state index >= 15 is 0 Å². The number of nitriles is 1. The number of furan rings is 1. The Hall–Kier alpha value is -2.32. The third-order valence-electron chi connectivity index (χ3n) is 2.20. The number of ketones is 1. The van der Waals surface area contributed by atoms with Crippen LogP contribution in [0, 0.1) is 11.3 Å². The highest BCUT2D eigenvalue weighted by Crippen LogP contribution is 2.18. The molecule has 0 aliphatic rings. The lowest BCUT2D eigenvalue weighted by molar-refractivity contribution is 0.101. The number of aromatic nitrogens is 2. The van der Waals surface area contributed by atoms with E-state index in [2.05, 4.69) is 5.10 Å². The summed E-state index contributed by atoms with van der Waals surface area (Å²) in [5, 5.41) is 13.4. The number of nitrogens with zero attached hydrogens (tertiary/aromatic N) is 3. The van der Waals surface area contributed by atoms with Gasteiger partial charge in [0.05, 0.1) is 11.3 Å². The first-order valence-corrected chi connectivity index (χ1v) is 5.38. The Morgan fingerprint density at radius 2 is 2.44 bits per heavy atom. The number of allylic oxidation sites excluding steroid dienone is 1. The van der Waals surface area contributed by atoms with Gasteiger partial charge in [-0.25, -0.2) is 0 Å². The fourth-order valence-corrected chi connectivity index (χ4v) is 1.63. The normalized spacial score (nSPS) is 11.3. The molecule has 0 unspecified atom stereocenters. The first kappa shape index (κ1) is 12.1. The zero-order valence-electron chi connectivity index (χ0n) is 9.42. The molecule has 0 aliphatic heterocycles. The molecule has 18 heavy (non-hydrogen) atoms. The van der Waals surface area contributed by atoms with Gasteiger partial charge >= 0.3 is 0 Å². The van der Waals surface area contributed by atoms with Gasteiger partial charge < -0.3 is 4.42 Å². The van der Waals surface area contributed by atoms with Gasteiger partial charge in [-0.1, -0.05) is 11.6 Å². The van der Waals surface area contributed by atoms with Gasteiger partial charge in [0.1, 0.15) is 17.3 Å². The van der Waals surface area contributed by atoms with Gasteiger partial charge in [-0.3, -0.25) is 9.48 Å². The highest BCUT2D eigenvalue weighted by Gasteiger charge is 2.16. The minimum atomic E-state index is -0.496. The van der Waals surface area contributed by atoms with Gasteiger partial charge in [0, 0.05) is 13.2 Å². The maximum Gasteiger partial charge on any atom is 0.238 e. The molecule has 0 bridgehead atoms. The third kappa shape index (κ3) is 2.34. The Morgan fingerprint density at radius 1 is 1.67 bits per heavy atom. The summed E-state index contributed by atoms with van der Waals surface area (Å²) in [7, 11) is 1.70. The molecular formula is C12H8ClN3O2. The SMILES string of the molecule is Cn1cc(Cl)c(/C=C(\C#N)C(=O)c2ccco2)n1. The molecule has 0 spiro atoms. The molecule has 0 atom stereocenters. The van der Waals surface area contributed by atoms with E-state index in [1.807, 2.05) is 6.07 Å². The van der Waals surface area contributed by atoms with Crippen molar-refractivity contribution in [3.05, 3.63) is 46.6 Å². The van der Waals surface area contributed by atoms with Crippen LogP contribution in [0.25, 0.3) is 6.08 Å². The molecule has 0 N–H and O–H groups in total. The minimum absolute atomic E-state index is 0.0782. The van der Waals surface area contributed by atoms with E-state index in [0.717, 1.165) is 0 Å². The molecule has 0 fully saturated rings. The molecule has 0 radical (unpaired) electrons. The van der Waals surface area contributed by atoms with Crippen molar-refractivity contribution in [3.63, 3.8) is 0 Å². The Morgan fingerprint density at radius 3 is 2.94 bits per heavy atom. The number of Topliss-reactive ketones (excluding diaryl/α,β-unsaturated/α-hetero) is 1. The van der Waals surface area contributed by atoms with E-state index in [1.54, 1.807) is 19.3 Å². The van der Waals surface area contributed by atoms with Crippen LogP contribution in [0.3, 0.4) is 0 Å². The van der Waals surface area contributed by atoms with Crippen molar-refractivity contribution >= 4 is 23.5 Å². The van der Waals surface area contributed by atoms with E-state index in [1.165, 1.54) is 23.1 Å². The molecule has 90 valence electrons. The molecular weight excluding hydrogens is 254 g/mol. The molecule has 2 heterocycles. The largest absolute Gasteiger partial charge is 0.461 e. The van der Waals surface area contributed by atoms with Crippen molar-refractivity contribution in [1.82, 2.24) is 9.78 Å². The lowest BCUT2D eigenvalue weighted by atomic mass is 10.1. The molecule has 0 amide bonds. The standard InChI is InChI=1S/C12H8ClN3O2/c1-16-7-9(13)10(15-16)5-8(6-14)12(17)11-3-2-4-18-11/h2-5,7H,1H3/b8-5+. The predicted molar refractivity (Wildman–Crippen MR) is 64.8 cm³/mol. The van der Waals surface area contributed by atoms with Crippen LogP contribution in [0.1, 0.15) is 16.2 Å². The number of hydrogen-bond acceptors (Lipinski definition) is 4. The van der Waals surface area contributed by atoms with Gasteiger partial charge in [0.2, 0.25) is 5.78 Å². The maximum atomic E-state index is 11.9. The highest BCUT2D eigenvalue weighted by atomic mass is 35.5. The average molecular weight is 262 g/mol. The van der Waals surface area contributed by atoms with Crippen molar-refractivity contribution in [2.45, 2.75) is 0 Å². The zero-order chi connectivity index (χ0) is 13.1. The molecule has 5 nitrogen and oxygen atoms in total. The second-order valence-electron chi connectivity index (χ2n) is 3.51. The summed E-state index contributed by atoms with van der Waals surface area (Å²) in [6.07, 6.45) is 4.29. The van der Waals surface area contributed by atoms with Crippen molar-refractivity contribution in [2.75, 3.05) is 0 Å². The summed E-state index contributed by atoms with van der Waals surface area (Å²) in [5.74, 6) is -0.390. The monoisotopic (exact) mass is 261 g/mol. The van der Waals surface area contributed by atoms with Crippen molar-refractivity contribution in [1.29, 1.82) is 5.26 Å². The smallest absolute Gasteiger partial charge is 0.238 e. The molecule has 6 heteroatoms. The van der Waals surface area contributed by atoms with Crippen molar-refractivity contribution < 1.29 is 9.21 Å². The summed E-state index contributed by atoms with van der Waals surface area (Å²) in [4.78, 5) is 11.9. The Labute approximate surface area is 108 Å². The average Bonchev–Trinajstić information content (AvgIpc) is 2.95. The minimum Gasteiger partial charge on any atom is -0.461 e. The van der Waals surface area contributed by atoms with Crippen LogP contribution in [-0.2, 0) is 7.05 Å². The Balaban J connectivity index is 2.38. The summed E-state index contributed by atoms with van der Waals surface area (Å²) in [6, 6.07) is 4.89. The number of carbonyl (C=O) groups is 1. The van der Waals surface area contributed by atoms with Gasteiger partial charge in [0.25, 0.3) is 0 Å². The fraction of sp³-hybridized carbons (Fsp3) is 0.0833. The van der Waals surface area contributed by atoms with Crippen LogP contribution in [0.15, 0.2) is 34.6 Å². The highest BCUT2D eigenvalue weighted by molar-refractivity contribution is 6.32. The summed E-state index contributed by atoms with van der Waals surface area (Å²) in [6.45, 7) is 0. The van der Waals surface area contributed by atoms with Crippen LogP contribution in [0.2, 0.25) is 5.02 Å². The van der Waals surface area contributed by atoms with E-state index in [4.69, 9.17) is 21.3 Å². The number of rotatable bonds is 3. The van der Waals surface area contributed by atoms with Crippen molar-refractivity contribution in [3.8, 4) is 6.07 Å².